The maximum Gasteiger partial charge on any atom is 0.332 e. The fraction of sp³-hybridized carbons (Fsp3) is 0.136. The Morgan fingerprint density at radius 2 is 1.74 bits per heavy atom. The third kappa shape index (κ3) is 4.12. The average Bonchev–Trinajstić information content (AvgIpc) is 3.23. The number of carbonyl (C=O) groups is 1. The molecule has 0 spiro atoms. The molecule has 0 saturated heterocycles. The number of nitrogens with zero attached hydrogens (tertiary/aromatic N) is 4. The summed E-state index contributed by atoms with van der Waals surface area (Å²) >= 11 is 7.24. The molecule has 0 radical (unpaired) electrons. The number of amides is 1. The molecule has 0 fully saturated rings. The van der Waals surface area contributed by atoms with Crippen LogP contribution in [0.25, 0.3) is 5.69 Å². The third-order valence-corrected chi connectivity index (χ3v) is 5.96. The average molecular weight is 454 g/mol. The molecule has 4 aromatic rings. The monoisotopic (exact) mass is 453 g/mol. The topological polar surface area (TPSA) is 73.3 Å². The van der Waals surface area contributed by atoms with Crippen LogP contribution in [0.2, 0.25) is 5.02 Å². The van der Waals surface area contributed by atoms with Gasteiger partial charge in [0.1, 0.15) is 0 Å². The van der Waals surface area contributed by atoms with Gasteiger partial charge in [0.2, 0.25) is 0 Å². The van der Waals surface area contributed by atoms with Crippen LogP contribution in [0, 0.1) is 13.8 Å². The van der Waals surface area contributed by atoms with Gasteiger partial charge in [-0.1, -0.05) is 29.8 Å². The van der Waals surface area contributed by atoms with Crippen LogP contribution in [-0.2, 0) is 7.05 Å². The molecular formula is C22H20ClN5O2S. The second kappa shape index (κ2) is 8.41. The highest BCUT2D eigenvalue weighted by molar-refractivity contribution is 7.09. The van der Waals surface area contributed by atoms with Crippen molar-refractivity contribution in [1.82, 2.24) is 13.9 Å². The first kappa shape index (κ1) is 20.9. The lowest BCUT2D eigenvalue weighted by Gasteiger charge is -2.07. The van der Waals surface area contributed by atoms with Crippen LogP contribution in [0.4, 0.5) is 16.2 Å². The van der Waals surface area contributed by atoms with Crippen LogP contribution >= 0.6 is 22.9 Å². The maximum atomic E-state index is 13.2. The Hall–Kier alpha value is -3.36. The van der Waals surface area contributed by atoms with E-state index in [1.807, 2.05) is 51.2 Å². The summed E-state index contributed by atoms with van der Waals surface area (Å²) < 4.78 is 4.73. The summed E-state index contributed by atoms with van der Waals surface area (Å²) in [5.74, 6) is 0. The SMILES string of the molecule is Cc1cn(C(=O)Nc2ccc(Cl)cc2)c(=Nc2c(C)n(C)n(-c3ccccc3)c2=O)s1. The van der Waals surface area contributed by atoms with Crippen molar-refractivity contribution in [3.05, 3.63) is 91.5 Å². The Morgan fingerprint density at radius 3 is 2.42 bits per heavy atom. The fourth-order valence-electron chi connectivity index (χ4n) is 3.17. The molecule has 0 aliphatic heterocycles. The summed E-state index contributed by atoms with van der Waals surface area (Å²) in [6, 6.07) is 15.8. The molecule has 0 bridgehead atoms. The first-order chi connectivity index (χ1) is 14.8. The van der Waals surface area contributed by atoms with E-state index in [-0.39, 0.29) is 11.6 Å². The van der Waals surface area contributed by atoms with Crippen LogP contribution in [0.5, 0.6) is 0 Å². The molecule has 1 N–H and O–H groups in total. The van der Waals surface area contributed by atoms with Crippen molar-refractivity contribution in [2.45, 2.75) is 13.8 Å². The van der Waals surface area contributed by atoms with E-state index >= 15 is 0 Å². The van der Waals surface area contributed by atoms with Gasteiger partial charge in [0.05, 0.1) is 11.4 Å². The third-order valence-electron chi connectivity index (χ3n) is 4.81. The zero-order valence-electron chi connectivity index (χ0n) is 17.2. The summed E-state index contributed by atoms with van der Waals surface area (Å²) in [5.41, 5.74) is 2.10. The van der Waals surface area contributed by atoms with Crippen molar-refractivity contribution in [2.24, 2.45) is 12.0 Å². The quantitative estimate of drug-likeness (QED) is 0.491. The van der Waals surface area contributed by atoms with E-state index in [2.05, 4.69) is 10.3 Å². The highest BCUT2D eigenvalue weighted by Gasteiger charge is 2.17. The van der Waals surface area contributed by atoms with Gasteiger partial charge in [-0.3, -0.25) is 9.48 Å². The molecule has 1 amide bonds. The zero-order chi connectivity index (χ0) is 22.1. The Balaban J connectivity index is 1.78. The molecule has 2 aromatic heterocycles. The summed E-state index contributed by atoms with van der Waals surface area (Å²) in [6.45, 7) is 3.72. The Morgan fingerprint density at radius 1 is 1.06 bits per heavy atom. The van der Waals surface area contributed by atoms with Crippen LogP contribution in [0.15, 0.2) is 70.6 Å². The molecule has 2 heterocycles. The number of carbonyl (C=O) groups excluding carboxylic acids is 1. The van der Waals surface area contributed by atoms with Crippen LogP contribution in [-0.4, -0.2) is 20.0 Å². The minimum Gasteiger partial charge on any atom is -0.307 e. The van der Waals surface area contributed by atoms with Gasteiger partial charge in [-0.2, -0.15) is 0 Å². The number of aromatic nitrogens is 3. The number of benzene rings is 2. The Bertz CT molecular complexity index is 1380. The van der Waals surface area contributed by atoms with Crippen molar-refractivity contribution in [1.29, 1.82) is 0 Å². The molecule has 4 rings (SSSR count). The first-order valence-corrected chi connectivity index (χ1v) is 10.7. The van der Waals surface area contributed by atoms with Gasteiger partial charge in [-0.25, -0.2) is 19.0 Å². The van der Waals surface area contributed by atoms with Gasteiger partial charge in [-0.05, 0) is 50.2 Å². The van der Waals surface area contributed by atoms with E-state index in [1.165, 1.54) is 15.9 Å². The normalized spacial score (nSPS) is 11.7. The summed E-state index contributed by atoms with van der Waals surface area (Å²) in [7, 11) is 1.81. The molecule has 2 aromatic carbocycles. The number of nitrogens with one attached hydrogen (secondary N) is 1. The minimum atomic E-state index is -0.373. The van der Waals surface area contributed by atoms with E-state index < -0.39 is 0 Å². The van der Waals surface area contributed by atoms with Gasteiger partial charge in [0.25, 0.3) is 5.56 Å². The molecule has 7 nitrogen and oxygen atoms in total. The highest BCUT2D eigenvalue weighted by atomic mass is 35.5. The second-order valence-corrected chi connectivity index (χ2v) is 8.60. The zero-order valence-corrected chi connectivity index (χ0v) is 18.7. The number of halogens is 1. The number of aryl methyl sites for hydroxylation is 1. The van der Waals surface area contributed by atoms with Crippen LogP contribution in [0.1, 0.15) is 10.6 Å². The lowest BCUT2D eigenvalue weighted by molar-refractivity contribution is 0.253. The molecule has 31 heavy (non-hydrogen) atoms. The van der Waals surface area contributed by atoms with E-state index in [1.54, 1.807) is 39.8 Å². The van der Waals surface area contributed by atoms with E-state index in [0.29, 0.717) is 26.9 Å². The number of rotatable bonds is 3. The predicted octanol–water partition coefficient (Wildman–Crippen LogP) is 4.62. The van der Waals surface area contributed by atoms with Gasteiger partial charge in [0.15, 0.2) is 10.5 Å². The fourth-order valence-corrected chi connectivity index (χ4v) is 4.12. The summed E-state index contributed by atoms with van der Waals surface area (Å²) in [6.07, 6.45) is 1.70. The van der Waals surface area contributed by atoms with Crippen LogP contribution < -0.4 is 15.7 Å². The minimum absolute atomic E-state index is 0.248. The predicted molar refractivity (Wildman–Crippen MR) is 124 cm³/mol. The molecule has 9 heteroatoms. The van der Waals surface area contributed by atoms with Gasteiger partial charge in [0, 0.05) is 28.8 Å². The lowest BCUT2D eigenvalue weighted by atomic mass is 10.3. The van der Waals surface area contributed by atoms with Crippen molar-refractivity contribution in [3.63, 3.8) is 0 Å². The Labute approximate surface area is 187 Å². The number of para-hydroxylation sites is 1. The van der Waals surface area contributed by atoms with Crippen molar-refractivity contribution in [2.75, 3.05) is 5.32 Å². The molecule has 0 aliphatic rings. The highest BCUT2D eigenvalue weighted by Crippen LogP contribution is 2.17. The number of hydrogen-bond acceptors (Lipinski definition) is 4. The maximum absolute atomic E-state index is 13.2. The van der Waals surface area contributed by atoms with E-state index in [9.17, 15) is 9.59 Å². The lowest BCUT2D eigenvalue weighted by Crippen LogP contribution is -2.27. The van der Waals surface area contributed by atoms with E-state index in [0.717, 1.165) is 10.6 Å². The van der Waals surface area contributed by atoms with E-state index in [4.69, 9.17) is 11.6 Å². The number of thiazole rings is 1. The number of hydrogen-bond donors (Lipinski definition) is 1. The number of anilines is 1. The Kier molecular flexibility index (Phi) is 5.67. The van der Waals surface area contributed by atoms with Crippen LogP contribution in [0.3, 0.4) is 0 Å². The van der Waals surface area contributed by atoms with Gasteiger partial charge < -0.3 is 5.32 Å². The van der Waals surface area contributed by atoms with Gasteiger partial charge in [-0.15, -0.1) is 11.3 Å². The molecule has 0 unspecified atom stereocenters. The van der Waals surface area contributed by atoms with Crippen molar-refractivity contribution < 1.29 is 4.79 Å². The first-order valence-electron chi connectivity index (χ1n) is 9.50. The smallest absolute Gasteiger partial charge is 0.307 e. The summed E-state index contributed by atoms with van der Waals surface area (Å²) in [4.78, 5) is 31.9. The largest absolute Gasteiger partial charge is 0.332 e. The second-order valence-electron chi connectivity index (χ2n) is 6.95. The standard InChI is InChI=1S/C22H20ClN5O2S/c1-14-13-27(21(30)24-17-11-9-16(23)10-12-17)22(31-14)25-19-15(2)26(3)28(20(19)29)18-7-5-4-6-8-18/h4-13H,1-3H3,(H,24,30). The van der Waals surface area contributed by atoms with Crippen molar-refractivity contribution >= 4 is 40.3 Å². The molecule has 0 saturated carbocycles. The van der Waals surface area contributed by atoms with Crippen molar-refractivity contribution in [3.8, 4) is 5.69 Å². The molecule has 0 aliphatic carbocycles. The molecule has 0 atom stereocenters. The van der Waals surface area contributed by atoms with Gasteiger partial charge >= 0.3 is 6.03 Å². The summed E-state index contributed by atoms with van der Waals surface area (Å²) in [5, 5.41) is 3.41. The molecular weight excluding hydrogens is 434 g/mol. The molecule has 158 valence electrons.